The molecule has 90 valence electrons. The Morgan fingerprint density at radius 3 is 2.00 bits per heavy atom. The van der Waals surface area contributed by atoms with E-state index in [1.165, 1.54) is 44.9 Å². The summed E-state index contributed by atoms with van der Waals surface area (Å²) in [5, 5.41) is 0. The first kappa shape index (κ1) is 13.0. The first-order valence-corrected chi connectivity index (χ1v) is 6.92. The largest absolute Gasteiger partial charge is 0.381 e. The van der Waals surface area contributed by atoms with Crippen molar-refractivity contribution in [2.45, 2.75) is 65.7 Å². The van der Waals surface area contributed by atoms with E-state index < -0.39 is 0 Å². The van der Waals surface area contributed by atoms with Gasteiger partial charge in [0.1, 0.15) is 0 Å². The molecule has 1 nitrogen and oxygen atoms in total. The Labute approximate surface area is 95.6 Å². The fraction of sp³-hybridized carbons (Fsp3) is 1.00. The van der Waals surface area contributed by atoms with Crippen LogP contribution in [0, 0.1) is 11.3 Å². The molecule has 2 aliphatic rings. The zero-order valence-corrected chi connectivity index (χ0v) is 10.8. The molecule has 1 saturated heterocycles. The molecular weight excluding hydrogens is 184 g/mol. The van der Waals surface area contributed by atoms with Gasteiger partial charge < -0.3 is 4.74 Å². The monoisotopic (exact) mass is 212 g/mol. The predicted octanol–water partition coefficient (Wildman–Crippen LogP) is 4.41. The van der Waals surface area contributed by atoms with Gasteiger partial charge in [0.05, 0.1) is 0 Å². The van der Waals surface area contributed by atoms with Crippen LogP contribution in [0.2, 0.25) is 0 Å². The van der Waals surface area contributed by atoms with Gasteiger partial charge >= 0.3 is 0 Å². The van der Waals surface area contributed by atoms with Crippen LogP contribution in [0.3, 0.4) is 0 Å². The Kier molecular flexibility index (Phi) is 5.66. The molecule has 1 heteroatoms. The standard InChI is InChI=1S/C12H22O.C2H6/c1-2-11-3-5-12(6-4-11)7-9-13-10-8-12;1-2/h11H,2-10H2,1H3;1-2H3. The zero-order valence-electron chi connectivity index (χ0n) is 10.8. The molecular formula is C14H28O. The molecule has 0 atom stereocenters. The summed E-state index contributed by atoms with van der Waals surface area (Å²) in [4.78, 5) is 0. The topological polar surface area (TPSA) is 9.23 Å². The highest BCUT2D eigenvalue weighted by Crippen LogP contribution is 2.46. The quantitative estimate of drug-likeness (QED) is 0.625. The maximum absolute atomic E-state index is 5.45. The predicted molar refractivity (Wildman–Crippen MR) is 66.1 cm³/mol. The maximum Gasteiger partial charge on any atom is 0.0471 e. The lowest BCUT2D eigenvalue weighted by atomic mass is 9.66. The van der Waals surface area contributed by atoms with Crippen LogP contribution >= 0.6 is 0 Å². The SMILES string of the molecule is CC.CCC1CCC2(CCOCC2)CC1. The highest BCUT2D eigenvalue weighted by Gasteiger charge is 2.35. The highest BCUT2D eigenvalue weighted by molar-refractivity contribution is 4.86. The van der Waals surface area contributed by atoms with Gasteiger partial charge in [0.2, 0.25) is 0 Å². The Hall–Kier alpha value is -0.0400. The molecule has 0 bridgehead atoms. The number of hydrogen-bond acceptors (Lipinski definition) is 1. The van der Waals surface area contributed by atoms with E-state index in [4.69, 9.17) is 4.74 Å². The van der Waals surface area contributed by atoms with Gasteiger partial charge in [-0.3, -0.25) is 0 Å². The van der Waals surface area contributed by atoms with Gasteiger partial charge in [0, 0.05) is 13.2 Å². The summed E-state index contributed by atoms with van der Waals surface area (Å²) in [7, 11) is 0. The van der Waals surface area contributed by atoms with Crippen LogP contribution in [0.5, 0.6) is 0 Å². The van der Waals surface area contributed by atoms with Crippen molar-refractivity contribution >= 4 is 0 Å². The number of rotatable bonds is 1. The summed E-state index contributed by atoms with van der Waals surface area (Å²) in [6.07, 6.45) is 10.00. The molecule has 1 aliphatic heterocycles. The second kappa shape index (κ2) is 6.52. The number of ether oxygens (including phenoxy) is 1. The van der Waals surface area contributed by atoms with Crippen molar-refractivity contribution in [3.63, 3.8) is 0 Å². The smallest absolute Gasteiger partial charge is 0.0471 e. The van der Waals surface area contributed by atoms with E-state index in [0.29, 0.717) is 5.41 Å². The van der Waals surface area contributed by atoms with Crippen molar-refractivity contribution in [2.75, 3.05) is 13.2 Å². The Balaban J connectivity index is 0.000000531. The van der Waals surface area contributed by atoms with E-state index in [0.717, 1.165) is 19.1 Å². The molecule has 1 spiro atoms. The molecule has 0 radical (unpaired) electrons. The molecule has 2 rings (SSSR count). The second-order valence-electron chi connectivity index (χ2n) is 4.96. The first-order valence-electron chi connectivity index (χ1n) is 6.92. The van der Waals surface area contributed by atoms with Gasteiger partial charge in [-0.2, -0.15) is 0 Å². The average Bonchev–Trinajstić information content (AvgIpc) is 2.34. The normalized spacial score (nSPS) is 25.8. The average molecular weight is 212 g/mol. The minimum atomic E-state index is 0.712. The molecule has 0 unspecified atom stereocenters. The summed E-state index contributed by atoms with van der Waals surface area (Å²) in [6.45, 7) is 8.39. The molecule has 0 N–H and O–H groups in total. The summed E-state index contributed by atoms with van der Waals surface area (Å²) in [6, 6.07) is 0. The highest BCUT2D eigenvalue weighted by atomic mass is 16.5. The summed E-state index contributed by atoms with van der Waals surface area (Å²) in [5.41, 5.74) is 0.712. The van der Waals surface area contributed by atoms with Gasteiger partial charge in [-0.05, 0) is 49.9 Å². The van der Waals surface area contributed by atoms with Crippen LogP contribution in [-0.4, -0.2) is 13.2 Å². The fourth-order valence-corrected chi connectivity index (χ4v) is 3.00. The van der Waals surface area contributed by atoms with E-state index >= 15 is 0 Å². The molecule has 15 heavy (non-hydrogen) atoms. The van der Waals surface area contributed by atoms with E-state index in [1.54, 1.807) is 0 Å². The third kappa shape index (κ3) is 3.48. The third-order valence-electron chi connectivity index (χ3n) is 4.30. The van der Waals surface area contributed by atoms with Crippen molar-refractivity contribution in [1.29, 1.82) is 0 Å². The van der Waals surface area contributed by atoms with Gasteiger partial charge in [0.25, 0.3) is 0 Å². The van der Waals surface area contributed by atoms with Crippen molar-refractivity contribution in [2.24, 2.45) is 11.3 Å². The van der Waals surface area contributed by atoms with Crippen molar-refractivity contribution in [3.05, 3.63) is 0 Å². The third-order valence-corrected chi connectivity index (χ3v) is 4.30. The molecule has 1 saturated carbocycles. The fourth-order valence-electron chi connectivity index (χ4n) is 3.00. The van der Waals surface area contributed by atoms with Crippen LogP contribution in [0.25, 0.3) is 0 Å². The van der Waals surface area contributed by atoms with E-state index in [9.17, 15) is 0 Å². The lowest BCUT2D eigenvalue weighted by molar-refractivity contribution is -0.0130. The van der Waals surface area contributed by atoms with Crippen molar-refractivity contribution in [1.82, 2.24) is 0 Å². The van der Waals surface area contributed by atoms with Crippen LogP contribution in [0.1, 0.15) is 65.7 Å². The second-order valence-corrected chi connectivity index (χ2v) is 4.96. The van der Waals surface area contributed by atoms with Gasteiger partial charge in [-0.25, -0.2) is 0 Å². The van der Waals surface area contributed by atoms with Gasteiger partial charge in [0.15, 0.2) is 0 Å². The minimum absolute atomic E-state index is 0.712. The summed E-state index contributed by atoms with van der Waals surface area (Å²) < 4.78 is 5.45. The van der Waals surface area contributed by atoms with Crippen LogP contribution in [0.15, 0.2) is 0 Å². The molecule has 0 aromatic rings. The van der Waals surface area contributed by atoms with Crippen LogP contribution < -0.4 is 0 Å². The zero-order chi connectivity index (χ0) is 11.1. The minimum Gasteiger partial charge on any atom is -0.381 e. The molecule has 0 amide bonds. The van der Waals surface area contributed by atoms with Crippen LogP contribution in [-0.2, 0) is 4.74 Å². The van der Waals surface area contributed by atoms with Gasteiger partial charge in [-0.1, -0.05) is 27.2 Å². The van der Waals surface area contributed by atoms with Crippen LogP contribution in [0.4, 0.5) is 0 Å². The van der Waals surface area contributed by atoms with E-state index in [2.05, 4.69) is 6.92 Å². The summed E-state index contributed by atoms with van der Waals surface area (Å²) >= 11 is 0. The summed E-state index contributed by atoms with van der Waals surface area (Å²) in [5.74, 6) is 1.04. The lowest BCUT2D eigenvalue weighted by Gasteiger charge is -2.42. The first-order chi connectivity index (χ1) is 7.35. The Morgan fingerprint density at radius 1 is 1.00 bits per heavy atom. The number of hydrogen-bond donors (Lipinski definition) is 0. The maximum atomic E-state index is 5.45. The molecule has 1 heterocycles. The van der Waals surface area contributed by atoms with Gasteiger partial charge in [-0.15, -0.1) is 0 Å². The molecule has 0 aromatic carbocycles. The Bertz CT molecular complexity index is 149. The lowest BCUT2D eigenvalue weighted by Crippen LogP contribution is -2.33. The molecule has 0 aromatic heterocycles. The van der Waals surface area contributed by atoms with E-state index in [1.807, 2.05) is 13.8 Å². The van der Waals surface area contributed by atoms with Crippen molar-refractivity contribution < 1.29 is 4.74 Å². The molecule has 1 aliphatic carbocycles. The molecule has 2 fully saturated rings. The van der Waals surface area contributed by atoms with E-state index in [-0.39, 0.29) is 0 Å². The Morgan fingerprint density at radius 2 is 1.53 bits per heavy atom. The van der Waals surface area contributed by atoms with Crippen molar-refractivity contribution in [3.8, 4) is 0 Å².